The highest BCUT2D eigenvalue weighted by molar-refractivity contribution is 5.87. The smallest absolute Gasteiger partial charge is 0.150 e. The molecular formula is C15H10FNO. The summed E-state index contributed by atoms with van der Waals surface area (Å²) in [5.41, 5.74) is 2.81. The summed E-state index contributed by atoms with van der Waals surface area (Å²) in [5, 5.41) is 1.06. The minimum Gasteiger partial charge on any atom is -0.355 e. The maximum Gasteiger partial charge on any atom is 0.150 e. The Morgan fingerprint density at radius 1 is 1.06 bits per heavy atom. The molecule has 88 valence electrons. The van der Waals surface area contributed by atoms with Gasteiger partial charge in [-0.3, -0.25) is 4.79 Å². The number of H-pyrrole nitrogens is 1. The first-order valence-corrected chi connectivity index (χ1v) is 5.60. The van der Waals surface area contributed by atoms with E-state index < -0.39 is 5.82 Å². The Morgan fingerprint density at radius 2 is 1.89 bits per heavy atom. The largest absolute Gasteiger partial charge is 0.355 e. The number of hydrogen-bond donors (Lipinski definition) is 1. The zero-order valence-electron chi connectivity index (χ0n) is 9.48. The van der Waals surface area contributed by atoms with Crippen LogP contribution in [0.25, 0.3) is 22.2 Å². The van der Waals surface area contributed by atoms with Crippen molar-refractivity contribution in [2.45, 2.75) is 0 Å². The summed E-state index contributed by atoms with van der Waals surface area (Å²) in [5.74, 6) is -0.409. The van der Waals surface area contributed by atoms with Gasteiger partial charge in [0.05, 0.1) is 0 Å². The van der Waals surface area contributed by atoms with Crippen molar-refractivity contribution >= 4 is 17.2 Å². The Kier molecular flexibility index (Phi) is 2.45. The van der Waals surface area contributed by atoms with Crippen LogP contribution in [0.3, 0.4) is 0 Å². The van der Waals surface area contributed by atoms with Crippen molar-refractivity contribution in [2.75, 3.05) is 0 Å². The molecule has 0 aliphatic heterocycles. The summed E-state index contributed by atoms with van der Waals surface area (Å²) in [7, 11) is 0. The standard InChI is InChI=1S/C15H10FNO/c16-13-6-10(9-18)5-12(7-13)15-8-11-3-1-2-4-14(11)17-15/h1-9,17H. The van der Waals surface area contributed by atoms with Crippen LogP contribution in [0.2, 0.25) is 0 Å². The second-order valence-corrected chi connectivity index (χ2v) is 4.16. The molecule has 0 saturated carbocycles. The van der Waals surface area contributed by atoms with Crippen molar-refractivity contribution in [1.29, 1.82) is 0 Å². The van der Waals surface area contributed by atoms with Gasteiger partial charge >= 0.3 is 0 Å². The monoisotopic (exact) mass is 239 g/mol. The van der Waals surface area contributed by atoms with Crippen molar-refractivity contribution in [3.63, 3.8) is 0 Å². The Labute approximate surface area is 103 Å². The van der Waals surface area contributed by atoms with Gasteiger partial charge in [-0.2, -0.15) is 0 Å². The molecule has 0 saturated heterocycles. The number of halogens is 1. The number of nitrogens with one attached hydrogen (secondary N) is 1. The number of hydrogen-bond acceptors (Lipinski definition) is 1. The fourth-order valence-corrected chi connectivity index (χ4v) is 2.06. The molecule has 1 aromatic heterocycles. The molecule has 2 aromatic carbocycles. The molecule has 0 radical (unpaired) electrons. The minimum atomic E-state index is -0.409. The van der Waals surface area contributed by atoms with E-state index >= 15 is 0 Å². The molecule has 0 bridgehead atoms. The van der Waals surface area contributed by atoms with Crippen LogP contribution in [-0.4, -0.2) is 11.3 Å². The number of carbonyl (C=O) groups is 1. The summed E-state index contributed by atoms with van der Waals surface area (Å²) in [4.78, 5) is 13.9. The zero-order valence-corrected chi connectivity index (χ0v) is 9.48. The van der Waals surface area contributed by atoms with Gasteiger partial charge in [0.1, 0.15) is 12.1 Å². The fourth-order valence-electron chi connectivity index (χ4n) is 2.06. The number of rotatable bonds is 2. The number of para-hydroxylation sites is 1. The predicted octanol–water partition coefficient (Wildman–Crippen LogP) is 3.79. The molecule has 0 atom stereocenters. The van der Waals surface area contributed by atoms with Crippen LogP contribution in [-0.2, 0) is 0 Å². The lowest BCUT2D eigenvalue weighted by Gasteiger charge is -2.00. The molecule has 0 amide bonds. The van der Waals surface area contributed by atoms with Gasteiger partial charge in [0, 0.05) is 27.7 Å². The van der Waals surface area contributed by atoms with Crippen LogP contribution in [0.15, 0.2) is 48.5 Å². The van der Waals surface area contributed by atoms with Gasteiger partial charge in [-0.1, -0.05) is 18.2 Å². The molecule has 0 fully saturated rings. The minimum absolute atomic E-state index is 0.337. The lowest BCUT2D eigenvalue weighted by Crippen LogP contribution is -1.86. The molecular weight excluding hydrogens is 229 g/mol. The average Bonchev–Trinajstić information content (AvgIpc) is 2.81. The third kappa shape index (κ3) is 1.80. The molecule has 0 spiro atoms. The van der Waals surface area contributed by atoms with E-state index in [1.807, 2.05) is 30.3 Å². The van der Waals surface area contributed by atoms with Crippen molar-refractivity contribution in [3.8, 4) is 11.3 Å². The van der Waals surface area contributed by atoms with Crippen LogP contribution in [0.5, 0.6) is 0 Å². The molecule has 0 aliphatic carbocycles. The molecule has 3 aromatic rings. The lowest BCUT2D eigenvalue weighted by molar-refractivity contribution is 0.112. The molecule has 1 N–H and O–H groups in total. The average molecular weight is 239 g/mol. The highest BCUT2D eigenvalue weighted by Gasteiger charge is 2.06. The first-order valence-electron chi connectivity index (χ1n) is 5.60. The quantitative estimate of drug-likeness (QED) is 0.678. The van der Waals surface area contributed by atoms with E-state index in [-0.39, 0.29) is 0 Å². The summed E-state index contributed by atoms with van der Waals surface area (Å²) in [6.45, 7) is 0. The molecule has 3 rings (SSSR count). The van der Waals surface area contributed by atoms with Gasteiger partial charge in [0.15, 0.2) is 0 Å². The van der Waals surface area contributed by atoms with E-state index in [0.717, 1.165) is 16.6 Å². The number of aldehydes is 1. The molecule has 1 heterocycles. The number of carbonyl (C=O) groups excluding carboxylic acids is 1. The maximum atomic E-state index is 13.4. The Balaban J connectivity index is 2.19. The van der Waals surface area contributed by atoms with E-state index in [4.69, 9.17) is 0 Å². The Bertz CT molecular complexity index is 697. The zero-order chi connectivity index (χ0) is 12.5. The summed E-state index contributed by atoms with van der Waals surface area (Å²) < 4.78 is 13.4. The molecule has 0 aliphatic rings. The van der Waals surface area contributed by atoms with Gasteiger partial charge in [-0.15, -0.1) is 0 Å². The Hall–Kier alpha value is -2.42. The van der Waals surface area contributed by atoms with Crippen LogP contribution < -0.4 is 0 Å². The van der Waals surface area contributed by atoms with Gasteiger partial charge in [0.25, 0.3) is 0 Å². The van der Waals surface area contributed by atoms with Crippen molar-refractivity contribution in [3.05, 3.63) is 59.9 Å². The fraction of sp³-hybridized carbons (Fsp3) is 0. The molecule has 3 heteroatoms. The van der Waals surface area contributed by atoms with Crippen molar-refractivity contribution in [1.82, 2.24) is 4.98 Å². The summed E-state index contributed by atoms with van der Waals surface area (Å²) >= 11 is 0. The van der Waals surface area contributed by atoms with Crippen LogP contribution in [0, 0.1) is 5.82 Å². The Morgan fingerprint density at radius 3 is 2.67 bits per heavy atom. The first kappa shape index (κ1) is 10.7. The van der Waals surface area contributed by atoms with E-state index in [2.05, 4.69) is 4.98 Å². The number of aromatic nitrogens is 1. The molecule has 0 unspecified atom stereocenters. The normalized spacial score (nSPS) is 10.7. The third-order valence-corrected chi connectivity index (χ3v) is 2.90. The van der Waals surface area contributed by atoms with Crippen LogP contribution >= 0.6 is 0 Å². The SMILES string of the molecule is O=Cc1cc(F)cc(-c2cc3ccccc3[nH]2)c1. The van der Waals surface area contributed by atoms with Gasteiger partial charge in [0.2, 0.25) is 0 Å². The first-order chi connectivity index (χ1) is 8.76. The third-order valence-electron chi connectivity index (χ3n) is 2.90. The van der Waals surface area contributed by atoms with Crippen LogP contribution in [0.1, 0.15) is 10.4 Å². The van der Waals surface area contributed by atoms with Crippen LogP contribution in [0.4, 0.5) is 4.39 Å². The maximum absolute atomic E-state index is 13.4. The molecule has 2 nitrogen and oxygen atoms in total. The lowest BCUT2D eigenvalue weighted by atomic mass is 10.1. The number of aromatic amines is 1. The number of benzene rings is 2. The van der Waals surface area contributed by atoms with E-state index in [9.17, 15) is 9.18 Å². The van der Waals surface area contributed by atoms with E-state index in [1.54, 1.807) is 6.07 Å². The van der Waals surface area contributed by atoms with Crippen molar-refractivity contribution < 1.29 is 9.18 Å². The van der Waals surface area contributed by atoms with Gasteiger partial charge in [-0.05, 0) is 30.3 Å². The summed E-state index contributed by atoms with van der Waals surface area (Å²) in [6, 6.07) is 14.1. The second kappa shape index (κ2) is 4.11. The van der Waals surface area contributed by atoms with Gasteiger partial charge < -0.3 is 4.98 Å². The predicted molar refractivity (Wildman–Crippen MR) is 69.1 cm³/mol. The van der Waals surface area contributed by atoms with Gasteiger partial charge in [-0.25, -0.2) is 4.39 Å². The van der Waals surface area contributed by atoms with E-state index in [0.29, 0.717) is 17.4 Å². The van der Waals surface area contributed by atoms with E-state index in [1.165, 1.54) is 12.1 Å². The molecule has 18 heavy (non-hydrogen) atoms. The number of fused-ring (bicyclic) bond motifs is 1. The van der Waals surface area contributed by atoms with Crippen molar-refractivity contribution in [2.24, 2.45) is 0 Å². The topological polar surface area (TPSA) is 32.9 Å². The highest BCUT2D eigenvalue weighted by atomic mass is 19.1. The highest BCUT2D eigenvalue weighted by Crippen LogP contribution is 2.25. The second-order valence-electron chi connectivity index (χ2n) is 4.16. The summed E-state index contributed by atoms with van der Waals surface area (Å²) in [6.07, 6.45) is 0.648.